The number of rotatable bonds is 9. The largest absolute Gasteiger partial charge is 0.353 e. The smallest absolute Gasteiger partial charge is 0.334 e. The molecule has 2 N–H and O–H groups in total. The van der Waals surface area contributed by atoms with Crippen molar-refractivity contribution in [3.05, 3.63) is 65.2 Å². The summed E-state index contributed by atoms with van der Waals surface area (Å²) < 4.78 is 26.6. The highest BCUT2D eigenvalue weighted by atomic mass is 32.2. The Bertz CT molecular complexity index is 1150. The van der Waals surface area contributed by atoms with E-state index in [1.54, 1.807) is 38.4 Å². The van der Waals surface area contributed by atoms with E-state index in [2.05, 4.69) is 25.6 Å². The second-order valence-electron chi connectivity index (χ2n) is 6.28. The average molecular weight is 443 g/mol. The zero-order valence-electron chi connectivity index (χ0n) is 16.9. The molecule has 0 aliphatic heterocycles. The molecule has 0 aliphatic rings. The zero-order valence-corrected chi connectivity index (χ0v) is 17.7. The highest BCUT2D eigenvalue weighted by molar-refractivity contribution is 7.89. The number of nitrogens with one attached hydrogen (secondary N) is 2. The molecule has 3 aromatic rings. The first-order valence-electron chi connectivity index (χ1n) is 9.40. The molecule has 3 rings (SSSR count). The van der Waals surface area contributed by atoms with E-state index < -0.39 is 14.9 Å². The van der Waals surface area contributed by atoms with E-state index in [1.165, 1.54) is 34.9 Å². The third-order valence-corrected chi connectivity index (χ3v) is 6.47. The van der Waals surface area contributed by atoms with Gasteiger partial charge in [0.2, 0.25) is 21.7 Å². The maximum atomic E-state index is 12.6. The minimum Gasteiger partial charge on any atom is -0.334 e. The predicted molar refractivity (Wildman–Crippen MR) is 116 cm³/mol. The molecule has 0 bridgehead atoms. The van der Waals surface area contributed by atoms with Gasteiger partial charge in [-0.25, -0.2) is 18.4 Å². The minimum atomic E-state index is -3.60. The molecule has 12 heteroatoms. The van der Waals surface area contributed by atoms with Crippen molar-refractivity contribution in [2.75, 3.05) is 23.7 Å². The SMILES string of the molecule is CCN(CC)S(=O)(=O)c1ccc(Nc2ncnc(Nc3ccncc3)c2[N+](=O)[O-])cc1. The number of hydrogen-bond donors (Lipinski definition) is 2. The van der Waals surface area contributed by atoms with Crippen molar-refractivity contribution >= 4 is 38.7 Å². The van der Waals surface area contributed by atoms with Crippen molar-refractivity contribution in [3.63, 3.8) is 0 Å². The van der Waals surface area contributed by atoms with Gasteiger partial charge in [-0.1, -0.05) is 13.8 Å². The van der Waals surface area contributed by atoms with Gasteiger partial charge in [0.05, 0.1) is 9.82 Å². The maximum Gasteiger partial charge on any atom is 0.353 e. The molecule has 0 atom stereocenters. The fraction of sp³-hybridized carbons (Fsp3) is 0.211. The van der Waals surface area contributed by atoms with Gasteiger partial charge >= 0.3 is 5.69 Å². The summed E-state index contributed by atoms with van der Waals surface area (Å²) in [5.41, 5.74) is 0.669. The van der Waals surface area contributed by atoms with Crippen molar-refractivity contribution < 1.29 is 13.3 Å². The van der Waals surface area contributed by atoms with Crippen LogP contribution in [0, 0.1) is 10.1 Å². The lowest BCUT2D eigenvalue weighted by Crippen LogP contribution is -2.30. The molecule has 0 radical (unpaired) electrons. The van der Waals surface area contributed by atoms with Crippen molar-refractivity contribution in [1.82, 2.24) is 19.3 Å². The quantitative estimate of drug-likeness (QED) is 0.376. The molecule has 11 nitrogen and oxygen atoms in total. The molecule has 0 spiro atoms. The standard InChI is InChI=1S/C19H21N7O4S/c1-3-25(4-2)31(29,30)16-7-5-14(6-8-16)23-18-17(26(27)28)19(22-13-21-18)24-15-9-11-20-12-10-15/h5-13H,3-4H2,1-2H3,(H2,20,21,22,23,24). The summed E-state index contributed by atoms with van der Waals surface area (Å²) in [6.45, 7) is 4.25. The van der Waals surface area contributed by atoms with E-state index in [1.807, 2.05) is 0 Å². The van der Waals surface area contributed by atoms with Crippen LogP contribution < -0.4 is 10.6 Å². The Balaban J connectivity index is 1.89. The van der Waals surface area contributed by atoms with Crippen LogP contribution in [-0.4, -0.2) is 45.7 Å². The molecular weight excluding hydrogens is 422 g/mol. The van der Waals surface area contributed by atoms with Gasteiger partial charge < -0.3 is 10.6 Å². The molecule has 2 heterocycles. The fourth-order valence-electron chi connectivity index (χ4n) is 2.87. The first kappa shape index (κ1) is 22.1. The van der Waals surface area contributed by atoms with E-state index in [0.717, 1.165) is 0 Å². The van der Waals surface area contributed by atoms with Crippen molar-refractivity contribution in [2.24, 2.45) is 0 Å². The van der Waals surface area contributed by atoms with Crippen LogP contribution in [0.4, 0.5) is 28.7 Å². The molecule has 0 saturated carbocycles. The molecule has 0 saturated heterocycles. The average Bonchev–Trinajstić information content (AvgIpc) is 2.75. The third kappa shape index (κ3) is 4.92. The molecule has 0 unspecified atom stereocenters. The first-order valence-corrected chi connectivity index (χ1v) is 10.8. The van der Waals surface area contributed by atoms with Gasteiger partial charge in [0, 0.05) is 36.9 Å². The second-order valence-corrected chi connectivity index (χ2v) is 8.21. The van der Waals surface area contributed by atoms with Gasteiger partial charge in [-0.05, 0) is 36.4 Å². The first-order chi connectivity index (χ1) is 14.9. The van der Waals surface area contributed by atoms with Gasteiger partial charge in [0.1, 0.15) is 6.33 Å². The summed E-state index contributed by atoms with van der Waals surface area (Å²) >= 11 is 0. The number of anilines is 4. The molecule has 31 heavy (non-hydrogen) atoms. The minimum absolute atomic E-state index is 0.00873. The summed E-state index contributed by atoms with van der Waals surface area (Å²) in [4.78, 5) is 23.1. The molecule has 1 aromatic carbocycles. The van der Waals surface area contributed by atoms with E-state index >= 15 is 0 Å². The van der Waals surface area contributed by atoms with Crippen LogP contribution in [0.3, 0.4) is 0 Å². The Kier molecular flexibility index (Phi) is 6.72. The number of nitrogens with zero attached hydrogens (tertiary/aromatic N) is 5. The van der Waals surface area contributed by atoms with Crippen LogP contribution in [0.25, 0.3) is 0 Å². The van der Waals surface area contributed by atoms with Gasteiger partial charge in [0.15, 0.2) is 0 Å². The fourth-order valence-corrected chi connectivity index (χ4v) is 4.32. The third-order valence-electron chi connectivity index (χ3n) is 4.41. The summed E-state index contributed by atoms with van der Waals surface area (Å²) in [5.74, 6) is -0.0228. The summed E-state index contributed by atoms with van der Waals surface area (Å²) in [5, 5.41) is 17.4. The molecule has 0 amide bonds. The number of aromatic nitrogens is 3. The summed E-state index contributed by atoms with van der Waals surface area (Å²) in [6.07, 6.45) is 4.28. The number of nitro groups is 1. The lowest BCUT2D eigenvalue weighted by molar-refractivity contribution is -0.383. The summed E-state index contributed by atoms with van der Waals surface area (Å²) in [7, 11) is -3.60. The van der Waals surface area contributed by atoms with Crippen molar-refractivity contribution in [1.29, 1.82) is 0 Å². The van der Waals surface area contributed by atoms with Crippen LogP contribution in [-0.2, 0) is 10.0 Å². The van der Waals surface area contributed by atoms with E-state index in [0.29, 0.717) is 24.5 Å². The lowest BCUT2D eigenvalue weighted by atomic mass is 10.3. The summed E-state index contributed by atoms with van der Waals surface area (Å²) in [6, 6.07) is 9.23. The predicted octanol–water partition coefficient (Wildman–Crippen LogP) is 3.30. The van der Waals surface area contributed by atoms with Gasteiger partial charge in [-0.15, -0.1) is 0 Å². The van der Waals surface area contributed by atoms with Crippen LogP contribution in [0.15, 0.2) is 60.0 Å². The Morgan fingerprint density at radius 2 is 1.45 bits per heavy atom. The maximum absolute atomic E-state index is 12.6. The lowest BCUT2D eigenvalue weighted by Gasteiger charge is -2.18. The Morgan fingerprint density at radius 3 is 1.94 bits per heavy atom. The second kappa shape index (κ2) is 9.45. The van der Waals surface area contributed by atoms with Crippen LogP contribution in [0.5, 0.6) is 0 Å². The molecule has 2 aromatic heterocycles. The normalized spacial score (nSPS) is 11.3. The van der Waals surface area contributed by atoms with Gasteiger partial charge in [-0.2, -0.15) is 4.31 Å². The number of hydrogen-bond acceptors (Lipinski definition) is 9. The van der Waals surface area contributed by atoms with Crippen molar-refractivity contribution in [2.45, 2.75) is 18.7 Å². The molecule has 0 fully saturated rings. The van der Waals surface area contributed by atoms with E-state index in [-0.39, 0.29) is 22.2 Å². The monoisotopic (exact) mass is 443 g/mol. The number of benzene rings is 1. The Hall–Kier alpha value is -3.64. The highest BCUT2D eigenvalue weighted by Gasteiger charge is 2.24. The van der Waals surface area contributed by atoms with Gasteiger partial charge in [-0.3, -0.25) is 15.1 Å². The molecule has 162 valence electrons. The van der Waals surface area contributed by atoms with Crippen LogP contribution in [0.1, 0.15) is 13.8 Å². The van der Waals surface area contributed by atoms with E-state index in [9.17, 15) is 18.5 Å². The highest BCUT2D eigenvalue weighted by Crippen LogP contribution is 2.33. The zero-order chi connectivity index (χ0) is 22.4. The Labute approximate surface area is 179 Å². The molecular formula is C19H21N7O4S. The van der Waals surface area contributed by atoms with Crippen LogP contribution >= 0.6 is 0 Å². The number of pyridine rings is 1. The molecule has 0 aliphatic carbocycles. The van der Waals surface area contributed by atoms with Gasteiger partial charge in [0.25, 0.3) is 0 Å². The van der Waals surface area contributed by atoms with E-state index in [4.69, 9.17) is 0 Å². The van der Waals surface area contributed by atoms with Crippen molar-refractivity contribution in [3.8, 4) is 0 Å². The topological polar surface area (TPSA) is 143 Å². The Morgan fingerprint density at radius 1 is 0.935 bits per heavy atom. The number of sulfonamides is 1. The van der Waals surface area contributed by atoms with Crippen LogP contribution in [0.2, 0.25) is 0 Å².